The largest absolute Gasteiger partial charge is 0.294 e. The van der Waals surface area contributed by atoms with Crippen LogP contribution in [0.1, 0.15) is 22.3 Å². The van der Waals surface area contributed by atoms with E-state index in [0.29, 0.717) is 23.9 Å². The molecule has 0 amide bonds. The zero-order chi connectivity index (χ0) is 13.0. The van der Waals surface area contributed by atoms with Crippen LogP contribution in [0.5, 0.6) is 0 Å². The third-order valence-electron chi connectivity index (χ3n) is 2.98. The van der Waals surface area contributed by atoms with Gasteiger partial charge in [-0.1, -0.05) is 47.9 Å². The van der Waals surface area contributed by atoms with Crippen LogP contribution in [0.15, 0.2) is 48.5 Å². The molecule has 0 N–H and O–H groups in total. The van der Waals surface area contributed by atoms with Gasteiger partial charge in [0.15, 0.2) is 5.78 Å². The molecule has 0 bridgehead atoms. The number of hydrogen-bond donors (Lipinski definition) is 0. The van der Waals surface area contributed by atoms with E-state index in [1.165, 1.54) is 6.07 Å². The van der Waals surface area contributed by atoms with Crippen LogP contribution >= 0.6 is 0 Å². The number of Topliss-reactive ketones (excluding diaryl/α,β-unsaturated/α-hetero) is 1. The minimum Gasteiger partial charge on any atom is -0.294 e. The predicted molar refractivity (Wildman–Crippen MR) is 73.7 cm³/mol. The molecule has 1 nitrogen and oxygen atoms in total. The van der Waals surface area contributed by atoms with Gasteiger partial charge in [0.25, 0.3) is 0 Å². The average Bonchev–Trinajstić information content (AvgIpc) is 2.40. The summed E-state index contributed by atoms with van der Waals surface area (Å²) in [6.45, 7) is 0. The fourth-order valence-corrected chi connectivity index (χ4v) is 1.81. The highest BCUT2D eigenvalue weighted by Crippen LogP contribution is 2.09. The van der Waals surface area contributed by atoms with Crippen molar-refractivity contribution in [1.29, 1.82) is 0 Å². The Balaban J connectivity index is 2.02. The maximum absolute atomic E-state index is 13.4. The van der Waals surface area contributed by atoms with Crippen LogP contribution in [0.3, 0.4) is 0 Å². The summed E-state index contributed by atoms with van der Waals surface area (Å²) in [5, 5.41) is 0. The van der Waals surface area contributed by atoms with Gasteiger partial charge in [0, 0.05) is 12.0 Å². The van der Waals surface area contributed by atoms with Crippen molar-refractivity contribution in [3.63, 3.8) is 0 Å². The first-order chi connectivity index (χ1) is 8.66. The number of halogens is 1. The summed E-state index contributed by atoms with van der Waals surface area (Å²) < 4.78 is 13.4. The fourth-order valence-electron chi connectivity index (χ4n) is 1.81. The Bertz CT molecular complexity index is 552. The molecule has 0 atom stereocenters. The predicted octanol–water partition coefficient (Wildman–Crippen LogP) is 1.90. The standard InChI is InChI=1S/C15H14BFO/c16-13-8-7-12(10-14(13)17)15(18)9-6-11-4-2-1-3-5-11/h1-5,7-8,10H,6,9,16H2. The van der Waals surface area contributed by atoms with Gasteiger partial charge in [-0.25, -0.2) is 4.39 Å². The lowest BCUT2D eigenvalue weighted by atomic mass is 9.93. The maximum atomic E-state index is 13.4. The van der Waals surface area contributed by atoms with Crippen molar-refractivity contribution in [3.05, 3.63) is 65.5 Å². The maximum Gasteiger partial charge on any atom is 0.163 e. The SMILES string of the molecule is Bc1ccc(C(=O)CCc2ccccc2)cc1F. The quantitative estimate of drug-likeness (QED) is 0.589. The molecule has 0 fully saturated rings. The molecule has 0 aliphatic rings. The highest BCUT2D eigenvalue weighted by Gasteiger charge is 2.08. The van der Waals surface area contributed by atoms with Crippen LogP contribution in [0.4, 0.5) is 4.39 Å². The lowest BCUT2D eigenvalue weighted by Crippen LogP contribution is -2.10. The molecule has 2 rings (SSSR count). The molecule has 0 spiro atoms. The van der Waals surface area contributed by atoms with Crippen molar-refractivity contribution in [2.45, 2.75) is 12.8 Å². The number of benzene rings is 2. The molecule has 0 radical (unpaired) electrons. The lowest BCUT2D eigenvalue weighted by Gasteiger charge is -2.03. The summed E-state index contributed by atoms with van der Waals surface area (Å²) in [6.07, 6.45) is 1.10. The molecular weight excluding hydrogens is 226 g/mol. The number of hydrogen-bond acceptors (Lipinski definition) is 1. The van der Waals surface area contributed by atoms with E-state index in [1.54, 1.807) is 20.0 Å². The van der Waals surface area contributed by atoms with Gasteiger partial charge in [-0.15, -0.1) is 0 Å². The van der Waals surface area contributed by atoms with Gasteiger partial charge in [-0.05, 0) is 18.1 Å². The van der Waals surface area contributed by atoms with Crippen LogP contribution in [-0.2, 0) is 6.42 Å². The Morgan fingerprint density at radius 2 is 1.83 bits per heavy atom. The van der Waals surface area contributed by atoms with E-state index in [-0.39, 0.29) is 11.6 Å². The van der Waals surface area contributed by atoms with Crippen LogP contribution in [0.25, 0.3) is 0 Å². The summed E-state index contributed by atoms with van der Waals surface area (Å²) in [7, 11) is 1.69. The first-order valence-corrected chi connectivity index (χ1v) is 6.00. The highest BCUT2D eigenvalue weighted by molar-refractivity contribution is 6.32. The van der Waals surface area contributed by atoms with Crippen molar-refractivity contribution in [1.82, 2.24) is 0 Å². The van der Waals surface area contributed by atoms with E-state index < -0.39 is 0 Å². The highest BCUT2D eigenvalue weighted by atomic mass is 19.1. The molecule has 90 valence electrons. The minimum absolute atomic E-state index is 0.0160. The monoisotopic (exact) mass is 240 g/mol. The second-order valence-electron chi connectivity index (χ2n) is 4.37. The van der Waals surface area contributed by atoms with Crippen molar-refractivity contribution in [2.24, 2.45) is 0 Å². The molecule has 18 heavy (non-hydrogen) atoms. The van der Waals surface area contributed by atoms with Gasteiger partial charge in [0.1, 0.15) is 13.7 Å². The molecule has 0 aromatic heterocycles. The van der Waals surface area contributed by atoms with Crippen molar-refractivity contribution in [3.8, 4) is 0 Å². The van der Waals surface area contributed by atoms with Gasteiger partial charge in [-0.2, -0.15) is 0 Å². The Morgan fingerprint density at radius 1 is 1.11 bits per heavy atom. The molecule has 0 unspecified atom stereocenters. The van der Waals surface area contributed by atoms with Crippen molar-refractivity contribution in [2.75, 3.05) is 0 Å². The summed E-state index contributed by atoms with van der Waals surface area (Å²) in [4.78, 5) is 11.9. The van der Waals surface area contributed by atoms with Crippen LogP contribution < -0.4 is 5.46 Å². The third kappa shape index (κ3) is 3.07. The summed E-state index contributed by atoms with van der Waals surface area (Å²) in [5.41, 5.74) is 2.14. The average molecular weight is 240 g/mol. The Morgan fingerprint density at radius 3 is 2.50 bits per heavy atom. The molecule has 3 heteroatoms. The summed E-state index contributed by atoms with van der Waals surface area (Å²) in [5.74, 6) is -0.335. The smallest absolute Gasteiger partial charge is 0.163 e. The topological polar surface area (TPSA) is 17.1 Å². The zero-order valence-corrected chi connectivity index (χ0v) is 10.3. The number of aryl methyl sites for hydroxylation is 1. The van der Waals surface area contributed by atoms with Gasteiger partial charge < -0.3 is 0 Å². The van der Waals surface area contributed by atoms with Gasteiger partial charge in [0.2, 0.25) is 0 Å². The van der Waals surface area contributed by atoms with E-state index in [9.17, 15) is 9.18 Å². The van der Waals surface area contributed by atoms with Gasteiger partial charge in [-0.3, -0.25) is 4.79 Å². The molecular formula is C15H14BFO. The van der Waals surface area contributed by atoms with Crippen LogP contribution in [0.2, 0.25) is 0 Å². The molecule has 0 heterocycles. The van der Waals surface area contributed by atoms with Gasteiger partial charge >= 0.3 is 0 Å². The van der Waals surface area contributed by atoms with Crippen molar-refractivity contribution >= 4 is 19.1 Å². The molecule has 2 aromatic carbocycles. The van der Waals surface area contributed by atoms with Crippen LogP contribution in [-0.4, -0.2) is 13.6 Å². The summed E-state index contributed by atoms with van der Waals surface area (Å²) in [6, 6.07) is 14.5. The fraction of sp³-hybridized carbons (Fsp3) is 0.133. The molecule has 0 aliphatic carbocycles. The molecule has 2 aromatic rings. The van der Waals surface area contributed by atoms with Crippen LogP contribution in [0, 0.1) is 5.82 Å². The van der Waals surface area contributed by atoms with E-state index in [2.05, 4.69) is 0 Å². The van der Waals surface area contributed by atoms with E-state index in [0.717, 1.165) is 5.56 Å². The lowest BCUT2D eigenvalue weighted by molar-refractivity contribution is 0.0982. The minimum atomic E-state index is -0.319. The summed E-state index contributed by atoms with van der Waals surface area (Å²) >= 11 is 0. The third-order valence-corrected chi connectivity index (χ3v) is 2.98. The molecule has 0 saturated heterocycles. The second kappa shape index (κ2) is 5.63. The number of carbonyl (C=O) groups excluding carboxylic acids is 1. The molecule has 0 aliphatic heterocycles. The van der Waals surface area contributed by atoms with E-state index in [1.807, 2.05) is 30.3 Å². The van der Waals surface area contributed by atoms with Crippen molar-refractivity contribution < 1.29 is 9.18 Å². The second-order valence-corrected chi connectivity index (χ2v) is 4.37. The number of carbonyl (C=O) groups is 1. The first-order valence-electron chi connectivity index (χ1n) is 6.00. The zero-order valence-electron chi connectivity index (χ0n) is 10.3. The Kier molecular flexibility index (Phi) is 3.93. The number of rotatable bonds is 4. The van der Waals surface area contributed by atoms with Gasteiger partial charge in [0.05, 0.1) is 0 Å². The number of ketones is 1. The molecule has 0 saturated carbocycles. The van der Waals surface area contributed by atoms with E-state index in [4.69, 9.17) is 0 Å². The van der Waals surface area contributed by atoms with E-state index >= 15 is 0 Å². The first kappa shape index (κ1) is 12.6. The normalized spacial score (nSPS) is 10.3. The Hall–Kier alpha value is -1.90. The Labute approximate surface area is 107 Å².